The Labute approximate surface area is 126 Å². The zero-order valence-corrected chi connectivity index (χ0v) is 13.1. The number of aryl methyl sites for hydroxylation is 2. The first-order valence-corrected chi connectivity index (χ1v) is 7.94. The molecule has 0 saturated carbocycles. The van der Waals surface area contributed by atoms with E-state index in [1.807, 2.05) is 30.9 Å². The molecule has 0 aromatic carbocycles. The quantitative estimate of drug-likeness (QED) is 0.840. The van der Waals surface area contributed by atoms with Gasteiger partial charge >= 0.3 is 0 Å². The molecule has 0 radical (unpaired) electrons. The van der Waals surface area contributed by atoms with Crippen LogP contribution in [0.2, 0.25) is 0 Å². The lowest BCUT2D eigenvalue weighted by Gasteiger charge is -2.35. The highest BCUT2D eigenvalue weighted by Gasteiger charge is 2.40. The topological polar surface area (TPSA) is 42.4 Å². The summed E-state index contributed by atoms with van der Waals surface area (Å²) in [6.07, 6.45) is 2.55. The second-order valence-electron chi connectivity index (χ2n) is 6.38. The molecule has 1 amide bonds. The van der Waals surface area contributed by atoms with Gasteiger partial charge in [0.1, 0.15) is 0 Å². The van der Waals surface area contributed by atoms with E-state index >= 15 is 0 Å². The van der Waals surface area contributed by atoms with Gasteiger partial charge in [-0.15, -0.1) is 0 Å². The molecule has 0 unspecified atom stereocenters. The van der Waals surface area contributed by atoms with Crippen LogP contribution in [-0.4, -0.2) is 41.6 Å². The fraction of sp³-hybridized carbons (Fsp3) is 0.647. The van der Waals surface area contributed by atoms with Gasteiger partial charge in [0.2, 0.25) is 0 Å². The van der Waals surface area contributed by atoms with Gasteiger partial charge in [0.25, 0.3) is 5.91 Å². The van der Waals surface area contributed by atoms with Crippen LogP contribution in [-0.2, 0) is 4.74 Å². The second-order valence-corrected chi connectivity index (χ2v) is 6.38. The minimum atomic E-state index is 0.141. The number of carbonyl (C=O) groups excluding carboxylic acids is 1. The number of likely N-dealkylation sites (tertiary alicyclic amines) is 1. The monoisotopic (exact) mass is 288 g/mol. The lowest BCUT2D eigenvalue weighted by atomic mass is 9.83. The van der Waals surface area contributed by atoms with E-state index in [4.69, 9.17) is 4.74 Å². The molecule has 0 N–H and O–H groups in total. The first-order valence-electron chi connectivity index (χ1n) is 7.94. The summed E-state index contributed by atoms with van der Waals surface area (Å²) < 4.78 is 5.87. The highest BCUT2D eigenvalue weighted by atomic mass is 16.5. The Morgan fingerprint density at radius 1 is 1.38 bits per heavy atom. The van der Waals surface area contributed by atoms with E-state index in [-0.39, 0.29) is 5.91 Å². The number of piperidine rings is 1. The van der Waals surface area contributed by atoms with Crippen molar-refractivity contribution in [2.45, 2.75) is 39.7 Å². The van der Waals surface area contributed by atoms with E-state index in [0.29, 0.717) is 17.9 Å². The van der Waals surface area contributed by atoms with Gasteiger partial charge in [-0.25, -0.2) is 0 Å². The summed E-state index contributed by atoms with van der Waals surface area (Å²) in [6.45, 7) is 8.55. The molecular formula is C17H24N2O2. The van der Waals surface area contributed by atoms with E-state index < -0.39 is 0 Å². The van der Waals surface area contributed by atoms with Gasteiger partial charge in [0.15, 0.2) is 0 Å². The van der Waals surface area contributed by atoms with E-state index in [9.17, 15) is 4.79 Å². The molecule has 21 heavy (non-hydrogen) atoms. The van der Waals surface area contributed by atoms with Crippen molar-refractivity contribution in [3.05, 3.63) is 29.1 Å². The molecule has 0 spiro atoms. The molecule has 0 aliphatic carbocycles. The average molecular weight is 288 g/mol. The van der Waals surface area contributed by atoms with Crippen LogP contribution in [0.25, 0.3) is 0 Å². The zero-order chi connectivity index (χ0) is 15.0. The maximum absolute atomic E-state index is 12.7. The molecule has 0 bridgehead atoms. The molecule has 2 aliphatic heterocycles. The summed E-state index contributed by atoms with van der Waals surface area (Å²) in [6, 6.07) is 3.78. The number of hydrogen-bond donors (Lipinski definition) is 0. The third-order valence-electron chi connectivity index (χ3n) is 4.81. The summed E-state index contributed by atoms with van der Waals surface area (Å²) in [4.78, 5) is 19.0. The lowest BCUT2D eigenvalue weighted by Crippen LogP contribution is -2.44. The number of rotatable bonds is 2. The highest BCUT2D eigenvalue weighted by molar-refractivity contribution is 5.94. The van der Waals surface area contributed by atoms with Gasteiger partial charge in [-0.05, 0) is 44.7 Å². The summed E-state index contributed by atoms with van der Waals surface area (Å²) in [5, 5.41) is 0. The Morgan fingerprint density at radius 2 is 2.10 bits per heavy atom. The van der Waals surface area contributed by atoms with Crippen LogP contribution in [0.5, 0.6) is 0 Å². The van der Waals surface area contributed by atoms with E-state index in [1.54, 1.807) is 0 Å². The zero-order valence-electron chi connectivity index (χ0n) is 13.1. The Balaban J connectivity index is 1.72. The molecule has 3 atom stereocenters. The van der Waals surface area contributed by atoms with Crippen LogP contribution >= 0.6 is 0 Å². The predicted octanol–water partition coefficient (Wildman–Crippen LogP) is 2.59. The third kappa shape index (κ3) is 2.82. The van der Waals surface area contributed by atoms with Crippen molar-refractivity contribution < 1.29 is 9.53 Å². The summed E-state index contributed by atoms with van der Waals surface area (Å²) in [5.74, 6) is 1.29. The fourth-order valence-electron chi connectivity index (χ4n) is 3.83. The second kappa shape index (κ2) is 5.76. The molecule has 114 valence electrons. The number of pyridine rings is 1. The number of amides is 1. The molecule has 3 heterocycles. The van der Waals surface area contributed by atoms with Crippen LogP contribution in [0, 0.1) is 25.7 Å². The molecule has 1 aromatic rings. The molecule has 1 aromatic heterocycles. The number of aromatic nitrogens is 1. The summed E-state index contributed by atoms with van der Waals surface area (Å²) in [5.41, 5.74) is 2.58. The number of fused-ring (bicyclic) bond motifs is 1. The van der Waals surface area contributed by atoms with E-state index in [1.165, 1.54) is 0 Å². The maximum atomic E-state index is 12.7. The van der Waals surface area contributed by atoms with Gasteiger partial charge in [0.05, 0.1) is 12.7 Å². The normalized spacial score (nSPS) is 28.5. The van der Waals surface area contributed by atoms with Gasteiger partial charge in [-0.2, -0.15) is 0 Å². The van der Waals surface area contributed by atoms with Crippen LogP contribution in [0.3, 0.4) is 0 Å². The largest absolute Gasteiger partial charge is 0.378 e. The molecule has 2 fully saturated rings. The smallest absolute Gasteiger partial charge is 0.253 e. The van der Waals surface area contributed by atoms with Crippen LogP contribution in [0.15, 0.2) is 12.1 Å². The Hall–Kier alpha value is -1.42. The molecule has 2 saturated heterocycles. The van der Waals surface area contributed by atoms with E-state index in [2.05, 4.69) is 11.9 Å². The molecular weight excluding hydrogens is 264 g/mol. The first kappa shape index (κ1) is 14.5. The average Bonchev–Trinajstić information content (AvgIpc) is 2.87. The van der Waals surface area contributed by atoms with Crippen molar-refractivity contribution in [1.82, 2.24) is 9.88 Å². The van der Waals surface area contributed by atoms with Gasteiger partial charge in [0, 0.05) is 36.0 Å². The van der Waals surface area contributed by atoms with Crippen molar-refractivity contribution >= 4 is 5.91 Å². The van der Waals surface area contributed by atoms with Crippen LogP contribution in [0.1, 0.15) is 41.5 Å². The number of ether oxygens (including phenoxy) is 1. The lowest BCUT2D eigenvalue weighted by molar-refractivity contribution is 0.0607. The Morgan fingerprint density at radius 3 is 2.76 bits per heavy atom. The van der Waals surface area contributed by atoms with Crippen molar-refractivity contribution in [3.8, 4) is 0 Å². The third-order valence-corrected chi connectivity index (χ3v) is 4.81. The minimum Gasteiger partial charge on any atom is -0.378 e. The van der Waals surface area contributed by atoms with E-state index in [0.717, 1.165) is 49.5 Å². The molecule has 3 rings (SSSR count). The Kier molecular flexibility index (Phi) is 3.98. The minimum absolute atomic E-state index is 0.141. The summed E-state index contributed by atoms with van der Waals surface area (Å²) >= 11 is 0. The molecule has 4 nitrogen and oxygen atoms in total. The van der Waals surface area contributed by atoms with Crippen molar-refractivity contribution in [1.29, 1.82) is 0 Å². The SMILES string of the molecule is CC[C@H]1OC[C@H]2CN(C(=O)c3cc(C)nc(C)c3)CC[C@H]21. The number of nitrogens with zero attached hydrogens (tertiary/aromatic N) is 2. The number of hydrogen-bond acceptors (Lipinski definition) is 3. The predicted molar refractivity (Wildman–Crippen MR) is 81.2 cm³/mol. The fourth-order valence-corrected chi connectivity index (χ4v) is 3.83. The molecule has 4 heteroatoms. The van der Waals surface area contributed by atoms with Crippen molar-refractivity contribution in [2.24, 2.45) is 11.8 Å². The molecule has 2 aliphatic rings. The van der Waals surface area contributed by atoms with Crippen LogP contribution in [0.4, 0.5) is 0 Å². The Bertz CT molecular complexity index is 523. The summed E-state index contributed by atoms with van der Waals surface area (Å²) in [7, 11) is 0. The van der Waals surface area contributed by atoms with Crippen molar-refractivity contribution in [3.63, 3.8) is 0 Å². The first-order chi connectivity index (χ1) is 10.1. The van der Waals surface area contributed by atoms with Gasteiger partial charge < -0.3 is 9.64 Å². The maximum Gasteiger partial charge on any atom is 0.253 e. The van der Waals surface area contributed by atoms with Gasteiger partial charge in [-0.1, -0.05) is 6.92 Å². The van der Waals surface area contributed by atoms with Crippen molar-refractivity contribution in [2.75, 3.05) is 19.7 Å². The van der Waals surface area contributed by atoms with Gasteiger partial charge in [-0.3, -0.25) is 9.78 Å². The highest BCUT2D eigenvalue weighted by Crippen LogP contribution is 2.36. The number of carbonyl (C=O) groups is 1. The van der Waals surface area contributed by atoms with Crippen LogP contribution < -0.4 is 0 Å². The standard InChI is InChI=1S/C17H24N2O2/c1-4-16-15-5-6-19(9-14(15)10-21-16)17(20)13-7-11(2)18-12(3)8-13/h7-8,14-16H,4-6,9-10H2,1-3H3/t14-,15-,16-/m1/s1.